The SMILES string of the molecule is Cn1ccnc(N2CCCC2)c1=O. The number of aryl methyl sites for hydroxylation is 1. The molecule has 0 bridgehead atoms. The molecular formula is C9H13N3O. The molecular weight excluding hydrogens is 166 g/mol. The zero-order valence-corrected chi connectivity index (χ0v) is 7.73. The van der Waals surface area contributed by atoms with Crippen molar-refractivity contribution in [2.45, 2.75) is 12.8 Å². The zero-order valence-electron chi connectivity index (χ0n) is 7.73. The maximum absolute atomic E-state index is 11.6. The number of hydrogen-bond donors (Lipinski definition) is 0. The van der Waals surface area contributed by atoms with Crippen LogP contribution in [0.1, 0.15) is 12.8 Å². The van der Waals surface area contributed by atoms with E-state index >= 15 is 0 Å². The Morgan fingerprint density at radius 3 is 2.77 bits per heavy atom. The lowest BCUT2D eigenvalue weighted by atomic mass is 10.4. The van der Waals surface area contributed by atoms with Crippen LogP contribution in [0.15, 0.2) is 17.2 Å². The molecule has 1 fully saturated rings. The van der Waals surface area contributed by atoms with Gasteiger partial charge in [0.2, 0.25) is 0 Å². The first-order valence-electron chi connectivity index (χ1n) is 4.55. The van der Waals surface area contributed by atoms with Gasteiger partial charge in [0.15, 0.2) is 5.82 Å². The summed E-state index contributed by atoms with van der Waals surface area (Å²) >= 11 is 0. The summed E-state index contributed by atoms with van der Waals surface area (Å²) in [6, 6.07) is 0. The Kier molecular flexibility index (Phi) is 2.04. The minimum Gasteiger partial charge on any atom is -0.352 e. The van der Waals surface area contributed by atoms with Crippen LogP contribution in [-0.2, 0) is 7.05 Å². The lowest BCUT2D eigenvalue weighted by Gasteiger charge is -2.15. The fourth-order valence-corrected chi connectivity index (χ4v) is 1.63. The van der Waals surface area contributed by atoms with E-state index in [0.717, 1.165) is 13.1 Å². The Bertz CT molecular complexity index is 352. The molecule has 2 heterocycles. The molecule has 1 aromatic heterocycles. The Labute approximate surface area is 76.8 Å². The van der Waals surface area contributed by atoms with Crippen LogP contribution in [0.25, 0.3) is 0 Å². The normalized spacial score (nSPS) is 16.5. The van der Waals surface area contributed by atoms with Crippen molar-refractivity contribution in [3.63, 3.8) is 0 Å². The highest BCUT2D eigenvalue weighted by Gasteiger charge is 2.16. The van der Waals surface area contributed by atoms with Crippen molar-refractivity contribution in [1.29, 1.82) is 0 Å². The van der Waals surface area contributed by atoms with Crippen molar-refractivity contribution in [3.05, 3.63) is 22.7 Å². The van der Waals surface area contributed by atoms with Crippen LogP contribution in [0.3, 0.4) is 0 Å². The van der Waals surface area contributed by atoms with E-state index in [1.54, 1.807) is 24.0 Å². The van der Waals surface area contributed by atoms with Gasteiger partial charge in [-0.25, -0.2) is 4.98 Å². The average molecular weight is 179 g/mol. The number of anilines is 1. The molecule has 13 heavy (non-hydrogen) atoms. The highest BCUT2D eigenvalue weighted by Crippen LogP contribution is 2.12. The van der Waals surface area contributed by atoms with Crippen LogP contribution in [-0.4, -0.2) is 22.6 Å². The molecule has 1 aromatic rings. The molecule has 0 aromatic carbocycles. The summed E-state index contributed by atoms with van der Waals surface area (Å²) in [4.78, 5) is 17.8. The monoisotopic (exact) mass is 179 g/mol. The molecule has 1 aliphatic heterocycles. The van der Waals surface area contributed by atoms with Gasteiger partial charge in [0.1, 0.15) is 0 Å². The molecule has 0 spiro atoms. The molecule has 1 saturated heterocycles. The fourth-order valence-electron chi connectivity index (χ4n) is 1.63. The van der Waals surface area contributed by atoms with Crippen LogP contribution in [0, 0.1) is 0 Å². The standard InChI is InChI=1S/C9H13N3O/c1-11-7-4-10-8(9(11)13)12-5-2-3-6-12/h4,7H,2-3,5-6H2,1H3. The van der Waals surface area contributed by atoms with Gasteiger partial charge in [-0.15, -0.1) is 0 Å². The minimum absolute atomic E-state index is 0.00407. The molecule has 0 amide bonds. The molecule has 0 aliphatic carbocycles. The van der Waals surface area contributed by atoms with Crippen molar-refractivity contribution < 1.29 is 0 Å². The lowest BCUT2D eigenvalue weighted by molar-refractivity contribution is 0.811. The average Bonchev–Trinajstić information content (AvgIpc) is 2.62. The van der Waals surface area contributed by atoms with Gasteiger partial charge in [0.25, 0.3) is 5.56 Å². The second-order valence-corrected chi connectivity index (χ2v) is 3.36. The van der Waals surface area contributed by atoms with Gasteiger partial charge in [-0.2, -0.15) is 0 Å². The van der Waals surface area contributed by atoms with E-state index in [9.17, 15) is 4.79 Å². The van der Waals surface area contributed by atoms with E-state index in [2.05, 4.69) is 9.88 Å². The van der Waals surface area contributed by atoms with Crippen LogP contribution in [0.5, 0.6) is 0 Å². The van der Waals surface area contributed by atoms with Gasteiger partial charge in [-0.1, -0.05) is 0 Å². The molecule has 2 rings (SSSR count). The summed E-state index contributed by atoms with van der Waals surface area (Å²) in [7, 11) is 1.75. The van der Waals surface area contributed by atoms with Gasteiger partial charge in [0, 0.05) is 32.5 Å². The third kappa shape index (κ3) is 1.43. The second-order valence-electron chi connectivity index (χ2n) is 3.36. The van der Waals surface area contributed by atoms with Gasteiger partial charge < -0.3 is 9.47 Å². The van der Waals surface area contributed by atoms with E-state index in [-0.39, 0.29) is 5.56 Å². The molecule has 1 aliphatic rings. The Hall–Kier alpha value is -1.32. The highest BCUT2D eigenvalue weighted by molar-refractivity contribution is 5.36. The molecule has 0 atom stereocenters. The molecule has 70 valence electrons. The van der Waals surface area contributed by atoms with Gasteiger partial charge in [-0.05, 0) is 12.8 Å². The summed E-state index contributed by atoms with van der Waals surface area (Å²) in [5.41, 5.74) is 0.00407. The van der Waals surface area contributed by atoms with E-state index in [4.69, 9.17) is 0 Å². The lowest BCUT2D eigenvalue weighted by Crippen LogP contribution is -2.30. The largest absolute Gasteiger partial charge is 0.352 e. The molecule has 0 N–H and O–H groups in total. The van der Waals surface area contributed by atoms with E-state index in [1.807, 2.05) is 0 Å². The predicted octanol–water partition coefficient (Wildman–Crippen LogP) is 0.381. The Morgan fingerprint density at radius 1 is 1.38 bits per heavy atom. The molecule has 4 nitrogen and oxygen atoms in total. The predicted molar refractivity (Wildman–Crippen MR) is 50.9 cm³/mol. The van der Waals surface area contributed by atoms with Gasteiger partial charge in [-0.3, -0.25) is 4.79 Å². The quantitative estimate of drug-likeness (QED) is 0.625. The number of aromatic nitrogens is 2. The van der Waals surface area contributed by atoms with Crippen molar-refractivity contribution >= 4 is 5.82 Å². The smallest absolute Gasteiger partial charge is 0.293 e. The summed E-state index contributed by atoms with van der Waals surface area (Å²) in [6.45, 7) is 1.93. The van der Waals surface area contributed by atoms with Crippen LogP contribution < -0.4 is 10.5 Å². The highest BCUT2D eigenvalue weighted by atomic mass is 16.1. The third-order valence-electron chi connectivity index (χ3n) is 2.40. The first-order chi connectivity index (χ1) is 6.29. The van der Waals surface area contributed by atoms with Gasteiger partial charge in [0.05, 0.1) is 0 Å². The first-order valence-corrected chi connectivity index (χ1v) is 4.55. The maximum Gasteiger partial charge on any atom is 0.293 e. The third-order valence-corrected chi connectivity index (χ3v) is 2.40. The van der Waals surface area contributed by atoms with Gasteiger partial charge >= 0.3 is 0 Å². The fraction of sp³-hybridized carbons (Fsp3) is 0.556. The van der Waals surface area contributed by atoms with Crippen LogP contribution >= 0.6 is 0 Å². The summed E-state index contributed by atoms with van der Waals surface area (Å²) in [5.74, 6) is 0.600. The Morgan fingerprint density at radius 2 is 2.08 bits per heavy atom. The summed E-state index contributed by atoms with van der Waals surface area (Å²) < 4.78 is 1.57. The molecule has 0 saturated carbocycles. The maximum atomic E-state index is 11.6. The molecule has 0 radical (unpaired) electrons. The number of rotatable bonds is 1. The Balaban J connectivity index is 2.39. The van der Waals surface area contributed by atoms with Crippen molar-refractivity contribution in [2.75, 3.05) is 18.0 Å². The zero-order chi connectivity index (χ0) is 9.26. The van der Waals surface area contributed by atoms with Crippen LogP contribution in [0.2, 0.25) is 0 Å². The second kappa shape index (κ2) is 3.20. The van der Waals surface area contributed by atoms with Crippen molar-refractivity contribution in [3.8, 4) is 0 Å². The van der Waals surface area contributed by atoms with E-state index in [0.29, 0.717) is 5.82 Å². The molecule has 0 unspecified atom stereocenters. The topological polar surface area (TPSA) is 38.1 Å². The summed E-state index contributed by atoms with van der Waals surface area (Å²) in [5, 5.41) is 0. The van der Waals surface area contributed by atoms with Crippen molar-refractivity contribution in [2.24, 2.45) is 7.05 Å². The minimum atomic E-state index is 0.00407. The first kappa shape index (κ1) is 8.29. The van der Waals surface area contributed by atoms with Crippen molar-refractivity contribution in [1.82, 2.24) is 9.55 Å². The van der Waals surface area contributed by atoms with E-state index < -0.39 is 0 Å². The number of nitrogens with zero attached hydrogens (tertiary/aromatic N) is 3. The van der Waals surface area contributed by atoms with Crippen LogP contribution in [0.4, 0.5) is 5.82 Å². The number of hydrogen-bond acceptors (Lipinski definition) is 3. The van der Waals surface area contributed by atoms with E-state index in [1.165, 1.54) is 12.8 Å². The summed E-state index contributed by atoms with van der Waals surface area (Å²) in [6.07, 6.45) is 5.69. The molecule has 4 heteroatoms.